The Morgan fingerprint density at radius 3 is 2.43 bits per heavy atom. The minimum absolute atomic E-state index is 0.0278. The van der Waals surface area contributed by atoms with E-state index in [4.69, 9.17) is 0 Å². The average Bonchev–Trinajstić information content (AvgIpc) is 3.14. The van der Waals surface area contributed by atoms with Gasteiger partial charge in [-0.25, -0.2) is 16.8 Å². The third kappa shape index (κ3) is 4.97. The quantitative estimate of drug-likeness (QED) is 0.495. The van der Waals surface area contributed by atoms with Gasteiger partial charge in [-0.15, -0.1) is 0 Å². The van der Waals surface area contributed by atoms with Gasteiger partial charge in [0, 0.05) is 36.4 Å². The minimum Gasteiger partial charge on any atom is -0.370 e. The highest BCUT2D eigenvalue weighted by atomic mass is 32.2. The molecule has 3 aromatic carbocycles. The van der Waals surface area contributed by atoms with Crippen molar-refractivity contribution in [2.24, 2.45) is 0 Å². The van der Waals surface area contributed by atoms with Crippen molar-refractivity contribution in [3.8, 4) is 0 Å². The third-order valence-electron chi connectivity index (χ3n) is 6.20. The van der Waals surface area contributed by atoms with Gasteiger partial charge in [-0.05, 0) is 55.8 Å². The van der Waals surface area contributed by atoms with Crippen LogP contribution in [-0.4, -0.2) is 48.1 Å². The molecule has 0 bridgehead atoms. The summed E-state index contributed by atoms with van der Waals surface area (Å²) < 4.78 is 52.4. The summed E-state index contributed by atoms with van der Waals surface area (Å²) in [6.45, 7) is 5.65. The van der Waals surface area contributed by atoms with E-state index in [0.717, 1.165) is 17.8 Å². The van der Waals surface area contributed by atoms with Crippen molar-refractivity contribution in [3.63, 3.8) is 0 Å². The van der Waals surface area contributed by atoms with Crippen LogP contribution in [0.1, 0.15) is 33.7 Å². The van der Waals surface area contributed by atoms with E-state index in [1.807, 2.05) is 32.0 Å². The molecule has 0 fully saturated rings. The van der Waals surface area contributed by atoms with Crippen LogP contribution >= 0.6 is 0 Å². The zero-order chi connectivity index (χ0) is 25.2. The van der Waals surface area contributed by atoms with Crippen molar-refractivity contribution in [1.82, 2.24) is 5.32 Å². The second-order valence-electron chi connectivity index (χ2n) is 8.52. The standard InChI is InChI=1S/C26H28N2O5S2/c1-3-28(20-10-7-9-19(2)17-20)16-15-27-26(29)22-13-8-14-23-25(22)24(18-34(23,30)31)35(32,33)21-11-5-4-6-12-21/h4-14,17,24H,3,15-16,18H2,1-2H3,(H,27,29). The molecule has 4 rings (SSSR count). The molecule has 1 aliphatic rings. The number of hydrogen-bond donors (Lipinski definition) is 1. The number of amides is 1. The van der Waals surface area contributed by atoms with Crippen molar-refractivity contribution in [2.75, 3.05) is 30.3 Å². The Morgan fingerprint density at radius 1 is 1.03 bits per heavy atom. The predicted molar refractivity (Wildman–Crippen MR) is 136 cm³/mol. The van der Waals surface area contributed by atoms with Crippen LogP contribution in [0.5, 0.6) is 0 Å². The molecule has 0 spiro atoms. The maximum atomic E-state index is 13.4. The summed E-state index contributed by atoms with van der Waals surface area (Å²) in [5.41, 5.74) is 2.31. The fourth-order valence-corrected chi connectivity index (χ4v) is 8.81. The molecule has 3 aromatic rings. The second kappa shape index (κ2) is 9.83. The molecule has 1 aliphatic heterocycles. The van der Waals surface area contributed by atoms with Crippen molar-refractivity contribution in [3.05, 3.63) is 89.5 Å². The van der Waals surface area contributed by atoms with Crippen LogP contribution in [0.15, 0.2) is 82.6 Å². The van der Waals surface area contributed by atoms with E-state index in [0.29, 0.717) is 13.1 Å². The Kier molecular flexibility index (Phi) is 7.00. The number of aryl methyl sites for hydroxylation is 1. The zero-order valence-corrected chi connectivity index (χ0v) is 21.3. The lowest BCUT2D eigenvalue weighted by atomic mass is 10.0. The summed E-state index contributed by atoms with van der Waals surface area (Å²) in [6.07, 6.45) is 0. The average molecular weight is 513 g/mol. The first kappa shape index (κ1) is 24.9. The van der Waals surface area contributed by atoms with E-state index in [9.17, 15) is 21.6 Å². The van der Waals surface area contributed by atoms with E-state index in [1.54, 1.807) is 18.2 Å². The van der Waals surface area contributed by atoms with Gasteiger partial charge in [0.15, 0.2) is 19.7 Å². The molecule has 0 aliphatic carbocycles. The number of hydrogen-bond acceptors (Lipinski definition) is 6. The molecular formula is C26H28N2O5S2. The molecule has 1 unspecified atom stereocenters. The summed E-state index contributed by atoms with van der Waals surface area (Å²) in [5.74, 6) is -1.08. The monoisotopic (exact) mass is 512 g/mol. The van der Waals surface area contributed by atoms with Gasteiger partial charge in [0.05, 0.1) is 15.5 Å². The fourth-order valence-electron chi connectivity index (χ4n) is 4.43. The van der Waals surface area contributed by atoms with Crippen LogP contribution in [0.3, 0.4) is 0 Å². The summed E-state index contributed by atoms with van der Waals surface area (Å²) in [5, 5.41) is 1.51. The minimum atomic E-state index is -4.02. The molecule has 9 heteroatoms. The highest BCUT2D eigenvalue weighted by Gasteiger charge is 2.45. The molecule has 184 valence electrons. The lowest BCUT2D eigenvalue weighted by Crippen LogP contribution is -2.35. The Hall–Kier alpha value is -3.17. The Bertz CT molecular complexity index is 1450. The number of fused-ring (bicyclic) bond motifs is 1. The molecule has 35 heavy (non-hydrogen) atoms. The van der Waals surface area contributed by atoms with Gasteiger partial charge in [0.25, 0.3) is 5.91 Å². The lowest BCUT2D eigenvalue weighted by Gasteiger charge is -2.24. The SMILES string of the molecule is CCN(CCNC(=O)c1cccc2c1C(S(=O)(=O)c1ccccc1)CS2(=O)=O)c1cccc(C)c1. The molecule has 1 heterocycles. The van der Waals surface area contributed by atoms with E-state index in [1.165, 1.54) is 30.3 Å². The zero-order valence-electron chi connectivity index (χ0n) is 19.6. The fraction of sp³-hybridized carbons (Fsp3) is 0.269. The Morgan fingerprint density at radius 2 is 1.74 bits per heavy atom. The number of nitrogens with zero attached hydrogens (tertiary/aromatic N) is 1. The summed E-state index contributed by atoms with van der Waals surface area (Å²) >= 11 is 0. The number of benzene rings is 3. The van der Waals surface area contributed by atoms with E-state index < -0.39 is 36.6 Å². The van der Waals surface area contributed by atoms with Crippen LogP contribution in [0, 0.1) is 6.92 Å². The van der Waals surface area contributed by atoms with Crippen molar-refractivity contribution >= 4 is 31.3 Å². The first-order valence-electron chi connectivity index (χ1n) is 11.4. The summed E-state index contributed by atoms with van der Waals surface area (Å²) in [7, 11) is -7.87. The van der Waals surface area contributed by atoms with Crippen LogP contribution in [-0.2, 0) is 19.7 Å². The molecule has 0 saturated carbocycles. The normalized spacial score (nSPS) is 16.5. The van der Waals surface area contributed by atoms with Crippen LogP contribution in [0.2, 0.25) is 0 Å². The number of nitrogens with one attached hydrogen (secondary N) is 1. The molecular weight excluding hydrogens is 484 g/mol. The summed E-state index contributed by atoms with van der Waals surface area (Å²) in [6, 6.07) is 20.1. The molecule has 1 N–H and O–H groups in total. The Labute approximate surface area is 206 Å². The van der Waals surface area contributed by atoms with E-state index >= 15 is 0 Å². The predicted octanol–water partition coefficient (Wildman–Crippen LogP) is 3.55. The molecule has 0 aromatic heterocycles. The number of sulfone groups is 2. The number of carbonyl (C=O) groups excluding carboxylic acids is 1. The third-order valence-corrected chi connectivity index (χ3v) is 10.3. The van der Waals surface area contributed by atoms with Crippen LogP contribution in [0.4, 0.5) is 5.69 Å². The van der Waals surface area contributed by atoms with E-state index in [2.05, 4.69) is 16.3 Å². The highest BCUT2D eigenvalue weighted by Crippen LogP contribution is 2.42. The first-order chi connectivity index (χ1) is 16.6. The first-order valence-corrected chi connectivity index (χ1v) is 14.6. The maximum absolute atomic E-state index is 13.4. The molecule has 1 amide bonds. The van der Waals surface area contributed by atoms with Gasteiger partial charge in [-0.1, -0.05) is 36.4 Å². The number of carbonyl (C=O) groups is 1. The number of rotatable bonds is 8. The largest absolute Gasteiger partial charge is 0.370 e. The number of anilines is 1. The van der Waals surface area contributed by atoms with Gasteiger partial charge in [0.1, 0.15) is 5.25 Å². The van der Waals surface area contributed by atoms with Gasteiger partial charge in [-0.2, -0.15) is 0 Å². The second-order valence-corrected chi connectivity index (χ2v) is 12.7. The highest BCUT2D eigenvalue weighted by molar-refractivity contribution is 7.96. The molecule has 0 radical (unpaired) electrons. The van der Waals surface area contributed by atoms with Crippen LogP contribution in [0.25, 0.3) is 0 Å². The molecule has 0 saturated heterocycles. The van der Waals surface area contributed by atoms with E-state index in [-0.39, 0.29) is 20.9 Å². The lowest BCUT2D eigenvalue weighted by molar-refractivity contribution is 0.0953. The van der Waals surface area contributed by atoms with Gasteiger partial charge >= 0.3 is 0 Å². The van der Waals surface area contributed by atoms with Gasteiger partial charge in [-0.3, -0.25) is 4.79 Å². The number of likely N-dealkylation sites (N-methyl/N-ethyl adjacent to an activating group) is 1. The molecule has 1 atom stereocenters. The maximum Gasteiger partial charge on any atom is 0.251 e. The topological polar surface area (TPSA) is 101 Å². The summed E-state index contributed by atoms with van der Waals surface area (Å²) in [4.78, 5) is 15.2. The molecule has 7 nitrogen and oxygen atoms in total. The smallest absolute Gasteiger partial charge is 0.251 e. The Balaban J connectivity index is 1.60. The van der Waals surface area contributed by atoms with Crippen molar-refractivity contribution in [1.29, 1.82) is 0 Å². The van der Waals surface area contributed by atoms with Crippen molar-refractivity contribution in [2.45, 2.75) is 28.9 Å². The van der Waals surface area contributed by atoms with Crippen LogP contribution < -0.4 is 10.2 Å². The van der Waals surface area contributed by atoms with Crippen molar-refractivity contribution < 1.29 is 21.6 Å². The van der Waals surface area contributed by atoms with Gasteiger partial charge in [0.2, 0.25) is 0 Å². The van der Waals surface area contributed by atoms with Gasteiger partial charge < -0.3 is 10.2 Å².